The number of allylic oxidation sites excluding steroid dienone is 1. The fraction of sp³-hybridized carbons (Fsp3) is 0.696. The number of hydrogen-bond acceptors (Lipinski definition) is 5. The Kier molecular flexibility index (Phi) is 7.24. The van der Waals surface area contributed by atoms with Crippen LogP contribution < -0.4 is 0 Å². The molecule has 2 aliphatic carbocycles. The maximum absolute atomic E-state index is 12.8. The molecule has 0 saturated heterocycles. The van der Waals surface area contributed by atoms with Crippen molar-refractivity contribution in [2.45, 2.75) is 73.0 Å². The van der Waals surface area contributed by atoms with E-state index in [-0.39, 0.29) is 47.5 Å². The van der Waals surface area contributed by atoms with Gasteiger partial charge in [0, 0.05) is 19.4 Å². The third-order valence-electron chi connectivity index (χ3n) is 6.44. The summed E-state index contributed by atoms with van der Waals surface area (Å²) in [6.07, 6.45) is 2.53. The third kappa shape index (κ3) is 4.73. The van der Waals surface area contributed by atoms with Gasteiger partial charge in [-0.25, -0.2) is 4.79 Å². The monoisotopic (exact) mass is 390 g/mol. The van der Waals surface area contributed by atoms with Gasteiger partial charge in [-0.3, -0.25) is 9.59 Å². The minimum Gasteiger partial charge on any atom is -0.462 e. The molecule has 0 aromatic carbocycles. The van der Waals surface area contributed by atoms with E-state index in [1.165, 1.54) is 13.0 Å². The molecule has 0 spiro atoms. The van der Waals surface area contributed by atoms with Gasteiger partial charge in [-0.15, -0.1) is 0 Å². The van der Waals surface area contributed by atoms with Gasteiger partial charge in [0.1, 0.15) is 18.0 Å². The highest BCUT2D eigenvalue weighted by molar-refractivity contribution is 5.86. The molecule has 156 valence electrons. The summed E-state index contributed by atoms with van der Waals surface area (Å²) in [4.78, 5) is 36.6. The minimum absolute atomic E-state index is 0.0364. The first kappa shape index (κ1) is 22.4. The number of ether oxygens (including phenoxy) is 2. The first-order chi connectivity index (χ1) is 13.1. The van der Waals surface area contributed by atoms with Crippen LogP contribution in [0.4, 0.5) is 0 Å². The Morgan fingerprint density at radius 3 is 2.43 bits per heavy atom. The molecule has 0 aromatic heterocycles. The van der Waals surface area contributed by atoms with Crippen LogP contribution in [0.2, 0.25) is 0 Å². The minimum atomic E-state index is -0.455. The molecule has 6 atom stereocenters. The summed E-state index contributed by atoms with van der Waals surface area (Å²) in [5.74, 6) is -0.388. The standard InChI is InChI=1S/C23H34O5/c1-8-13(4)9-21(26)28-20-11-17(12(2)3)23-18(14(20)5)10-19(25)22(23)15(6)27-16(7)24/h9,12,15,17-18,20,22-23H,5,8,10-11H2,1-4,6-7H3/b13-9+/t15-,17+,18+,20-,22+,23+/m0/s1. The Labute approximate surface area is 168 Å². The summed E-state index contributed by atoms with van der Waals surface area (Å²) in [7, 11) is 0. The summed E-state index contributed by atoms with van der Waals surface area (Å²) in [6, 6.07) is 0. The second-order valence-corrected chi connectivity index (χ2v) is 8.68. The fourth-order valence-electron chi connectivity index (χ4n) is 4.92. The zero-order valence-corrected chi connectivity index (χ0v) is 18.0. The van der Waals surface area contributed by atoms with E-state index in [1.54, 1.807) is 6.92 Å². The molecular formula is C23H34O5. The smallest absolute Gasteiger partial charge is 0.331 e. The van der Waals surface area contributed by atoms with Crippen molar-refractivity contribution in [1.82, 2.24) is 0 Å². The molecule has 0 N–H and O–H groups in total. The van der Waals surface area contributed by atoms with E-state index in [2.05, 4.69) is 20.4 Å². The van der Waals surface area contributed by atoms with Gasteiger partial charge in [0.25, 0.3) is 0 Å². The Morgan fingerprint density at radius 2 is 1.89 bits per heavy atom. The summed E-state index contributed by atoms with van der Waals surface area (Å²) in [5.41, 5.74) is 1.79. The highest BCUT2D eigenvalue weighted by Crippen LogP contribution is 2.53. The molecule has 28 heavy (non-hydrogen) atoms. The van der Waals surface area contributed by atoms with Crippen LogP contribution in [0.25, 0.3) is 0 Å². The molecule has 2 saturated carbocycles. The van der Waals surface area contributed by atoms with Crippen LogP contribution in [0.5, 0.6) is 0 Å². The zero-order chi connectivity index (χ0) is 21.2. The van der Waals surface area contributed by atoms with E-state index in [4.69, 9.17) is 9.47 Å². The molecule has 0 aliphatic heterocycles. The van der Waals surface area contributed by atoms with Crippen molar-refractivity contribution < 1.29 is 23.9 Å². The SMILES string of the molecule is C=C1[C@@H](OC(=O)/C=C(\C)CC)C[C@H](C(C)C)[C@H]2[C@H]([C@H](C)OC(C)=O)C(=O)C[C@H]12. The van der Waals surface area contributed by atoms with E-state index in [0.717, 1.165) is 17.6 Å². The third-order valence-corrected chi connectivity index (χ3v) is 6.44. The van der Waals surface area contributed by atoms with Crippen molar-refractivity contribution in [3.8, 4) is 0 Å². The molecule has 5 nitrogen and oxygen atoms in total. The van der Waals surface area contributed by atoms with Gasteiger partial charge in [0.2, 0.25) is 0 Å². The predicted octanol–water partition coefficient (Wildman–Crippen LogP) is 4.26. The number of hydrogen-bond donors (Lipinski definition) is 0. The Balaban J connectivity index is 2.26. The summed E-state index contributed by atoms with van der Waals surface area (Å²) in [6.45, 7) is 15.5. The molecular weight excluding hydrogens is 356 g/mol. The molecule has 0 amide bonds. The molecule has 2 aliphatic rings. The lowest BCUT2D eigenvalue weighted by Crippen LogP contribution is -2.44. The first-order valence-corrected chi connectivity index (χ1v) is 10.3. The van der Waals surface area contributed by atoms with Gasteiger partial charge in [0.15, 0.2) is 0 Å². The van der Waals surface area contributed by atoms with Crippen molar-refractivity contribution in [3.63, 3.8) is 0 Å². The van der Waals surface area contributed by atoms with Crippen LogP contribution >= 0.6 is 0 Å². The number of Topliss-reactive ketones (excluding diaryl/α,β-unsaturated/α-hetero) is 1. The second-order valence-electron chi connectivity index (χ2n) is 8.68. The first-order valence-electron chi connectivity index (χ1n) is 10.3. The van der Waals surface area contributed by atoms with Gasteiger partial charge < -0.3 is 9.47 Å². The van der Waals surface area contributed by atoms with Gasteiger partial charge in [-0.1, -0.05) is 32.9 Å². The van der Waals surface area contributed by atoms with E-state index < -0.39 is 6.10 Å². The lowest BCUT2D eigenvalue weighted by molar-refractivity contribution is -0.153. The molecule has 2 rings (SSSR count). The number of carbonyl (C=O) groups is 3. The number of esters is 2. The van der Waals surface area contributed by atoms with Gasteiger partial charge in [-0.05, 0) is 55.9 Å². The normalized spacial score (nSPS) is 31.5. The van der Waals surface area contributed by atoms with E-state index in [9.17, 15) is 14.4 Å². The second kappa shape index (κ2) is 9.06. The van der Waals surface area contributed by atoms with E-state index in [1.807, 2.05) is 13.8 Å². The van der Waals surface area contributed by atoms with Crippen molar-refractivity contribution in [1.29, 1.82) is 0 Å². The summed E-state index contributed by atoms with van der Waals surface area (Å²) >= 11 is 0. The van der Waals surface area contributed by atoms with Gasteiger partial charge in [-0.2, -0.15) is 0 Å². The largest absolute Gasteiger partial charge is 0.462 e. The van der Waals surface area contributed by atoms with Crippen molar-refractivity contribution in [3.05, 3.63) is 23.8 Å². The molecule has 0 bridgehead atoms. The van der Waals surface area contributed by atoms with Crippen molar-refractivity contribution >= 4 is 17.7 Å². The summed E-state index contributed by atoms with van der Waals surface area (Å²) in [5, 5.41) is 0. The van der Waals surface area contributed by atoms with Crippen LogP contribution in [0, 0.1) is 29.6 Å². The van der Waals surface area contributed by atoms with Crippen LogP contribution in [0.3, 0.4) is 0 Å². The lowest BCUT2D eigenvalue weighted by Gasteiger charge is -2.44. The molecule has 0 unspecified atom stereocenters. The topological polar surface area (TPSA) is 69.7 Å². The quantitative estimate of drug-likeness (QED) is 0.385. The van der Waals surface area contributed by atoms with Crippen LogP contribution in [-0.4, -0.2) is 29.9 Å². The van der Waals surface area contributed by atoms with Crippen LogP contribution in [-0.2, 0) is 23.9 Å². The average Bonchev–Trinajstić information content (AvgIpc) is 2.93. The number of rotatable bonds is 6. The Bertz CT molecular complexity index is 674. The number of ketones is 1. The predicted molar refractivity (Wildman–Crippen MR) is 107 cm³/mol. The van der Waals surface area contributed by atoms with Crippen molar-refractivity contribution in [2.75, 3.05) is 0 Å². The zero-order valence-electron chi connectivity index (χ0n) is 18.0. The highest BCUT2D eigenvalue weighted by Gasteiger charge is 2.55. The molecule has 0 radical (unpaired) electrons. The average molecular weight is 391 g/mol. The van der Waals surface area contributed by atoms with Gasteiger partial charge >= 0.3 is 11.9 Å². The lowest BCUT2D eigenvalue weighted by atomic mass is 9.63. The molecule has 2 fully saturated rings. The molecule has 5 heteroatoms. The molecule has 0 heterocycles. The Morgan fingerprint density at radius 1 is 1.25 bits per heavy atom. The van der Waals surface area contributed by atoms with Gasteiger partial charge in [0.05, 0.1) is 5.92 Å². The maximum Gasteiger partial charge on any atom is 0.331 e. The number of carbonyl (C=O) groups excluding carboxylic acids is 3. The maximum atomic E-state index is 12.8. The van der Waals surface area contributed by atoms with Crippen LogP contribution in [0.15, 0.2) is 23.8 Å². The summed E-state index contributed by atoms with van der Waals surface area (Å²) < 4.78 is 11.1. The van der Waals surface area contributed by atoms with Crippen molar-refractivity contribution in [2.24, 2.45) is 29.6 Å². The molecule has 0 aromatic rings. The number of fused-ring (bicyclic) bond motifs is 1. The fourth-order valence-corrected chi connectivity index (χ4v) is 4.92. The van der Waals surface area contributed by atoms with E-state index >= 15 is 0 Å². The highest BCUT2D eigenvalue weighted by atomic mass is 16.5. The van der Waals surface area contributed by atoms with E-state index in [0.29, 0.717) is 18.8 Å². The van der Waals surface area contributed by atoms with Crippen LogP contribution in [0.1, 0.15) is 60.8 Å². The Hall–Kier alpha value is -1.91.